The van der Waals surface area contributed by atoms with Gasteiger partial charge >= 0.3 is 0 Å². The van der Waals surface area contributed by atoms with Gasteiger partial charge < -0.3 is 4.42 Å². The van der Waals surface area contributed by atoms with Gasteiger partial charge in [-0.25, -0.2) is 15.0 Å². The van der Waals surface area contributed by atoms with Crippen LogP contribution in [0.4, 0.5) is 0 Å². The van der Waals surface area contributed by atoms with Crippen molar-refractivity contribution in [2.45, 2.75) is 19.3 Å². The third kappa shape index (κ3) is 4.66. The molecule has 2 aromatic heterocycles. The van der Waals surface area contributed by atoms with Gasteiger partial charge in [0.15, 0.2) is 17.5 Å². The number of benzene rings is 8. The molecular formula is C50H33N3O. The number of nitrogens with zero attached hydrogens (tertiary/aromatic N) is 3. The van der Waals surface area contributed by atoms with Gasteiger partial charge in [-0.2, -0.15) is 0 Å². The van der Waals surface area contributed by atoms with Crippen molar-refractivity contribution in [3.05, 3.63) is 175 Å². The second kappa shape index (κ2) is 11.5. The van der Waals surface area contributed by atoms with Crippen molar-refractivity contribution in [2.24, 2.45) is 0 Å². The minimum absolute atomic E-state index is 0.0858. The van der Waals surface area contributed by atoms with Crippen LogP contribution >= 0.6 is 0 Å². The van der Waals surface area contributed by atoms with Crippen LogP contribution in [0.5, 0.6) is 0 Å². The van der Waals surface area contributed by atoms with Crippen molar-refractivity contribution in [3.8, 4) is 56.4 Å². The van der Waals surface area contributed by atoms with E-state index < -0.39 is 0 Å². The Morgan fingerprint density at radius 2 is 1.00 bits per heavy atom. The fourth-order valence-electron chi connectivity index (χ4n) is 8.60. The van der Waals surface area contributed by atoms with Gasteiger partial charge in [-0.1, -0.05) is 147 Å². The molecule has 0 bridgehead atoms. The zero-order chi connectivity index (χ0) is 36.0. The van der Waals surface area contributed by atoms with Crippen LogP contribution < -0.4 is 0 Å². The molecule has 4 nitrogen and oxygen atoms in total. The van der Waals surface area contributed by atoms with E-state index in [1.54, 1.807) is 0 Å². The van der Waals surface area contributed by atoms with Gasteiger partial charge in [0.2, 0.25) is 0 Å². The molecule has 0 N–H and O–H groups in total. The van der Waals surface area contributed by atoms with Crippen LogP contribution in [0.25, 0.3) is 99.9 Å². The van der Waals surface area contributed by atoms with Crippen LogP contribution in [0.3, 0.4) is 0 Å². The highest BCUT2D eigenvalue weighted by molar-refractivity contribution is 6.13. The molecule has 0 atom stereocenters. The molecule has 1 aliphatic rings. The molecule has 11 rings (SSSR count). The summed E-state index contributed by atoms with van der Waals surface area (Å²) < 4.78 is 6.52. The molecule has 4 heteroatoms. The van der Waals surface area contributed by atoms with Crippen LogP contribution in [-0.4, -0.2) is 15.0 Å². The first-order valence-electron chi connectivity index (χ1n) is 18.4. The van der Waals surface area contributed by atoms with Gasteiger partial charge in [0.1, 0.15) is 11.2 Å². The van der Waals surface area contributed by atoms with Crippen molar-refractivity contribution in [3.63, 3.8) is 0 Å². The highest BCUT2D eigenvalue weighted by Gasteiger charge is 2.35. The van der Waals surface area contributed by atoms with E-state index in [-0.39, 0.29) is 5.41 Å². The monoisotopic (exact) mass is 691 g/mol. The molecule has 0 saturated carbocycles. The minimum Gasteiger partial charge on any atom is -0.456 e. The first kappa shape index (κ1) is 30.7. The maximum Gasteiger partial charge on any atom is 0.164 e. The number of aromatic nitrogens is 3. The van der Waals surface area contributed by atoms with Gasteiger partial charge in [-0.3, -0.25) is 0 Å². The molecule has 0 fully saturated rings. The quantitative estimate of drug-likeness (QED) is 0.172. The van der Waals surface area contributed by atoms with Crippen molar-refractivity contribution in [1.29, 1.82) is 0 Å². The SMILES string of the molecule is CC1(C)c2ccccc2-c2cc(-c3nc(-c4ccc5c(ccc6ccccc65)c4)nc(-c4ccc5c(c4)oc4cccc(-c6ccccc6)c45)n3)ccc21. The lowest BCUT2D eigenvalue weighted by molar-refractivity contribution is 0.660. The first-order valence-corrected chi connectivity index (χ1v) is 18.4. The van der Waals surface area contributed by atoms with Crippen LogP contribution in [-0.2, 0) is 5.41 Å². The van der Waals surface area contributed by atoms with Gasteiger partial charge in [-0.15, -0.1) is 0 Å². The third-order valence-electron chi connectivity index (χ3n) is 11.3. The first-order chi connectivity index (χ1) is 26.5. The largest absolute Gasteiger partial charge is 0.456 e. The molecule has 1 aliphatic carbocycles. The van der Waals surface area contributed by atoms with Crippen molar-refractivity contribution >= 4 is 43.5 Å². The Morgan fingerprint density at radius 1 is 0.389 bits per heavy atom. The van der Waals surface area contributed by atoms with Crippen LogP contribution in [0.1, 0.15) is 25.0 Å². The summed E-state index contributed by atoms with van der Waals surface area (Å²) in [7, 11) is 0. The molecule has 54 heavy (non-hydrogen) atoms. The van der Waals surface area contributed by atoms with Gasteiger partial charge in [-0.05, 0) is 85.3 Å². The van der Waals surface area contributed by atoms with Gasteiger partial charge in [0.05, 0.1) is 0 Å². The number of hydrogen-bond acceptors (Lipinski definition) is 4. The maximum atomic E-state index is 6.52. The zero-order valence-corrected chi connectivity index (χ0v) is 29.8. The Labute approximate surface area is 312 Å². The molecular weight excluding hydrogens is 659 g/mol. The normalized spacial score (nSPS) is 13.1. The van der Waals surface area contributed by atoms with Crippen LogP contribution in [0, 0.1) is 0 Å². The standard InChI is InChI=1S/C50H33N3O/c1-50(2)42-17-9-8-15-39(42)41-28-34(23-26-43(41)50)48-51-47(33-21-24-37-32(27-33)20-19-31-13-6-7-14-36(31)37)52-49(53-48)35-22-25-40-45(29-35)54-44-18-10-16-38(46(40)44)30-11-4-3-5-12-30/h3-29H,1-2H3. The molecule has 254 valence electrons. The Balaban J connectivity index is 1.10. The summed E-state index contributed by atoms with van der Waals surface area (Å²) in [5.74, 6) is 1.86. The Kier molecular flexibility index (Phi) is 6.56. The average Bonchev–Trinajstić information content (AvgIpc) is 3.72. The molecule has 8 aromatic carbocycles. The number of hydrogen-bond donors (Lipinski definition) is 0. The highest BCUT2D eigenvalue weighted by Crippen LogP contribution is 2.49. The van der Waals surface area contributed by atoms with Gasteiger partial charge in [0, 0.05) is 32.9 Å². The molecule has 0 saturated heterocycles. The number of furan rings is 1. The summed E-state index contributed by atoms with van der Waals surface area (Å²) in [4.78, 5) is 15.5. The topological polar surface area (TPSA) is 51.8 Å². The summed E-state index contributed by atoms with van der Waals surface area (Å²) in [6, 6.07) is 57.8. The predicted molar refractivity (Wildman–Crippen MR) is 221 cm³/mol. The molecule has 10 aromatic rings. The summed E-state index contributed by atoms with van der Waals surface area (Å²) in [5, 5.41) is 6.97. The lowest BCUT2D eigenvalue weighted by Gasteiger charge is -2.21. The van der Waals surface area contributed by atoms with E-state index in [4.69, 9.17) is 19.4 Å². The van der Waals surface area contributed by atoms with Crippen molar-refractivity contribution in [2.75, 3.05) is 0 Å². The Hall–Kier alpha value is -6.91. The molecule has 0 radical (unpaired) electrons. The summed E-state index contributed by atoms with van der Waals surface area (Å²) in [6.07, 6.45) is 0. The summed E-state index contributed by atoms with van der Waals surface area (Å²) in [6.45, 7) is 4.60. The second-order valence-electron chi connectivity index (χ2n) is 14.8. The summed E-state index contributed by atoms with van der Waals surface area (Å²) in [5.41, 5.74) is 11.8. The van der Waals surface area contributed by atoms with E-state index in [2.05, 4.69) is 166 Å². The van der Waals surface area contributed by atoms with E-state index in [9.17, 15) is 0 Å². The fourth-order valence-corrected chi connectivity index (χ4v) is 8.60. The van der Waals surface area contributed by atoms with E-state index in [0.717, 1.165) is 55.1 Å². The smallest absolute Gasteiger partial charge is 0.164 e. The Bertz CT molecular complexity index is 3140. The molecule has 0 aliphatic heterocycles. The summed E-state index contributed by atoms with van der Waals surface area (Å²) >= 11 is 0. The molecule has 0 unspecified atom stereocenters. The third-order valence-corrected chi connectivity index (χ3v) is 11.3. The zero-order valence-electron chi connectivity index (χ0n) is 29.8. The van der Waals surface area contributed by atoms with Crippen molar-refractivity contribution in [1.82, 2.24) is 15.0 Å². The van der Waals surface area contributed by atoms with Crippen molar-refractivity contribution < 1.29 is 4.42 Å². The predicted octanol–water partition coefficient (Wildman–Crippen LogP) is 13.1. The Morgan fingerprint density at radius 3 is 1.83 bits per heavy atom. The minimum atomic E-state index is -0.0858. The number of fused-ring (bicyclic) bond motifs is 9. The van der Waals surface area contributed by atoms with E-state index in [1.165, 1.54) is 38.4 Å². The molecule has 2 heterocycles. The lowest BCUT2D eigenvalue weighted by Crippen LogP contribution is -2.14. The average molecular weight is 692 g/mol. The molecule has 0 amide bonds. The second-order valence-corrected chi connectivity index (χ2v) is 14.8. The fraction of sp³-hybridized carbons (Fsp3) is 0.0600. The highest BCUT2D eigenvalue weighted by atomic mass is 16.3. The van der Waals surface area contributed by atoms with Crippen LogP contribution in [0.2, 0.25) is 0 Å². The maximum absolute atomic E-state index is 6.52. The molecule has 0 spiro atoms. The lowest BCUT2D eigenvalue weighted by atomic mass is 9.82. The van der Waals surface area contributed by atoms with E-state index in [1.807, 2.05) is 12.1 Å². The van der Waals surface area contributed by atoms with Crippen LogP contribution in [0.15, 0.2) is 168 Å². The number of rotatable bonds is 4. The van der Waals surface area contributed by atoms with Gasteiger partial charge in [0.25, 0.3) is 0 Å². The van der Waals surface area contributed by atoms with E-state index in [0.29, 0.717) is 17.5 Å². The van der Waals surface area contributed by atoms with E-state index >= 15 is 0 Å².